The lowest BCUT2D eigenvalue weighted by atomic mass is 10.1. The van der Waals surface area contributed by atoms with Crippen molar-refractivity contribution in [2.24, 2.45) is 0 Å². The van der Waals surface area contributed by atoms with Gasteiger partial charge in [0.15, 0.2) is 0 Å². The lowest BCUT2D eigenvalue weighted by Gasteiger charge is -2.34. The molecule has 1 aliphatic heterocycles. The van der Waals surface area contributed by atoms with E-state index in [4.69, 9.17) is 5.26 Å². The first-order chi connectivity index (χ1) is 8.61. The van der Waals surface area contributed by atoms with E-state index >= 15 is 0 Å². The maximum absolute atomic E-state index is 8.64. The zero-order valence-corrected chi connectivity index (χ0v) is 12.4. The van der Waals surface area contributed by atoms with Crippen molar-refractivity contribution >= 4 is 21.6 Å². The Morgan fingerprint density at radius 1 is 1.28 bits per heavy atom. The molecule has 0 saturated carbocycles. The molecule has 0 aromatic heterocycles. The molecule has 1 fully saturated rings. The van der Waals surface area contributed by atoms with Gasteiger partial charge in [0, 0.05) is 36.3 Å². The predicted octanol–water partition coefficient (Wildman–Crippen LogP) is 2.50. The van der Waals surface area contributed by atoms with Gasteiger partial charge in [-0.3, -0.25) is 5.26 Å². The number of rotatable bonds is 3. The lowest BCUT2D eigenvalue weighted by molar-refractivity contribution is -0.253. The van der Waals surface area contributed by atoms with Crippen LogP contribution in [-0.4, -0.2) is 43.4 Å². The molecule has 0 amide bonds. The zero-order chi connectivity index (χ0) is 13.1. The highest BCUT2D eigenvalue weighted by molar-refractivity contribution is 9.10. The Kier molecular flexibility index (Phi) is 4.61. The van der Waals surface area contributed by atoms with E-state index in [-0.39, 0.29) is 6.61 Å². The summed E-state index contributed by atoms with van der Waals surface area (Å²) < 4.78 is 1.06. The van der Waals surface area contributed by atoms with Crippen LogP contribution >= 0.6 is 15.9 Å². The molecule has 5 heteroatoms. The minimum Gasteiger partial charge on any atom is -0.369 e. The molecule has 1 aromatic rings. The molecule has 0 atom stereocenters. The fourth-order valence-electron chi connectivity index (χ4n) is 2.19. The molecule has 18 heavy (non-hydrogen) atoms. The largest absolute Gasteiger partial charge is 0.369 e. The lowest BCUT2D eigenvalue weighted by Crippen LogP contribution is -2.44. The van der Waals surface area contributed by atoms with E-state index in [0.29, 0.717) is 0 Å². The Hall–Kier alpha value is -0.620. The van der Waals surface area contributed by atoms with Crippen molar-refractivity contribution in [3.63, 3.8) is 0 Å². The molecule has 0 spiro atoms. The average molecular weight is 315 g/mol. The molecule has 0 aliphatic carbocycles. The Labute approximate surface area is 116 Å². The Bertz CT molecular complexity index is 418. The third-order valence-corrected chi connectivity index (χ3v) is 4.35. The van der Waals surface area contributed by atoms with Gasteiger partial charge in [0.2, 0.25) is 0 Å². The molecular formula is C13H19BrN2O2. The monoisotopic (exact) mass is 314 g/mol. The molecule has 4 nitrogen and oxygen atoms in total. The first kappa shape index (κ1) is 13.8. The maximum atomic E-state index is 8.64. The summed E-state index contributed by atoms with van der Waals surface area (Å²) in [4.78, 5) is 8.97. The molecule has 100 valence electrons. The highest BCUT2D eigenvalue weighted by Crippen LogP contribution is 2.28. The summed E-state index contributed by atoms with van der Waals surface area (Å²) in [6.45, 7) is 6.48. The van der Waals surface area contributed by atoms with Crippen LogP contribution in [0, 0.1) is 6.92 Å². The summed E-state index contributed by atoms with van der Waals surface area (Å²) in [7, 11) is 2.15. The quantitative estimate of drug-likeness (QED) is 0.687. The molecule has 1 N–H and O–H groups in total. The smallest absolute Gasteiger partial charge is 0.107 e. The van der Waals surface area contributed by atoms with Crippen molar-refractivity contribution in [2.75, 3.05) is 38.1 Å². The molecule has 0 unspecified atom stereocenters. The van der Waals surface area contributed by atoms with Gasteiger partial charge < -0.3 is 9.80 Å². The van der Waals surface area contributed by atoms with E-state index in [0.717, 1.165) is 41.8 Å². The van der Waals surface area contributed by atoms with Crippen molar-refractivity contribution in [2.45, 2.75) is 13.5 Å². The summed E-state index contributed by atoms with van der Waals surface area (Å²) in [6, 6.07) is 4.24. The topological polar surface area (TPSA) is 35.9 Å². The third kappa shape index (κ3) is 3.03. The standard InChI is InChI=1S/C13H19BrN2O2/c1-10-11(9-18-17)7-12(8-13(10)14)16-5-3-15(2)4-6-16/h7-8,17H,3-6,9H2,1-2H3. The van der Waals surface area contributed by atoms with Gasteiger partial charge in [-0.2, -0.15) is 0 Å². The highest BCUT2D eigenvalue weighted by Gasteiger charge is 2.16. The van der Waals surface area contributed by atoms with Gasteiger partial charge in [0.1, 0.15) is 6.61 Å². The van der Waals surface area contributed by atoms with Crippen molar-refractivity contribution in [1.29, 1.82) is 0 Å². The minimum absolute atomic E-state index is 0.228. The van der Waals surface area contributed by atoms with Gasteiger partial charge in [0.05, 0.1) is 0 Å². The van der Waals surface area contributed by atoms with E-state index in [1.807, 2.05) is 6.92 Å². The number of hydrogen-bond acceptors (Lipinski definition) is 4. The number of anilines is 1. The van der Waals surface area contributed by atoms with Gasteiger partial charge in [-0.05, 0) is 37.2 Å². The molecule has 1 aromatic carbocycles. The second-order valence-electron chi connectivity index (χ2n) is 4.78. The van der Waals surface area contributed by atoms with Crippen LogP contribution in [0.25, 0.3) is 0 Å². The molecule has 2 rings (SSSR count). The zero-order valence-electron chi connectivity index (χ0n) is 10.8. The number of likely N-dealkylation sites (N-methyl/N-ethyl adjacent to an activating group) is 1. The van der Waals surface area contributed by atoms with Crippen LogP contribution in [0.2, 0.25) is 0 Å². The molecule has 1 aliphatic rings. The highest BCUT2D eigenvalue weighted by atomic mass is 79.9. The predicted molar refractivity (Wildman–Crippen MR) is 76.0 cm³/mol. The van der Waals surface area contributed by atoms with E-state index in [1.165, 1.54) is 5.69 Å². The van der Waals surface area contributed by atoms with Crippen LogP contribution < -0.4 is 4.90 Å². The van der Waals surface area contributed by atoms with Crippen LogP contribution in [0.1, 0.15) is 11.1 Å². The number of nitrogens with zero attached hydrogens (tertiary/aromatic N) is 2. The fourth-order valence-corrected chi connectivity index (χ4v) is 2.68. The minimum atomic E-state index is 0.228. The summed E-state index contributed by atoms with van der Waals surface area (Å²) in [5.74, 6) is 0. The number of halogens is 1. The maximum Gasteiger partial charge on any atom is 0.107 e. The van der Waals surface area contributed by atoms with Crippen LogP contribution in [0.5, 0.6) is 0 Å². The van der Waals surface area contributed by atoms with Crippen LogP contribution in [-0.2, 0) is 11.5 Å². The molecule has 0 bridgehead atoms. The Morgan fingerprint density at radius 3 is 2.56 bits per heavy atom. The molecule has 1 saturated heterocycles. The number of hydrogen-bond donors (Lipinski definition) is 1. The third-order valence-electron chi connectivity index (χ3n) is 3.53. The van der Waals surface area contributed by atoms with Crippen molar-refractivity contribution < 1.29 is 10.1 Å². The van der Waals surface area contributed by atoms with Crippen molar-refractivity contribution in [3.8, 4) is 0 Å². The second-order valence-corrected chi connectivity index (χ2v) is 5.63. The van der Waals surface area contributed by atoms with E-state index in [1.54, 1.807) is 0 Å². The summed E-state index contributed by atoms with van der Waals surface area (Å²) in [5.41, 5.74) is 3.32. The van der Waals surface area contributed by atoms with Gasteiger partial charge in [-0.1, -0.05) is 15.9 Å². The second kappa shape index (κ2) is 6.02. The van der Waals surface area contributed by atoms with E-state index < -0.39 is 0 Å². The van der Waals surface area contributed by atoms with Crippen LogP contribution in [0.3, 0.4) is 0 Å². The first-order valence-electron chi connectivity index (χ1n) is 6.10. The number of piperazine rings is 1. The normalized spacial score (nSPS) is 17.2. The van der Waals surface area contributed by atoms with E-state index in [9.17, 15) is 0 Å². The molecule has 1 heterocycles. The van der Waals surface area contributed by atoms with Crippen molar-refractivity contribution in [1.82, 2.24) is 4.90 Å². The molecular weight excluding hydrogens is 296 g/mol. The summed E-state index contributed by atoms with van der Waals surface area (Å²) >= 11 is 3.57. The van der Waals surface area contributed by atoms with Gasteiger partial charge in [-0.15, -0.1) is 0 Å². The van der Waals surface area contributed by atoms with E-state index in [2.05, 4.69) is 49.8 Å². The first-order valence-corrected chi connectivity index (χ1v) is 6.90. The summed E-state index contributed by atoms with van der Waals surface area (Å²) in [5, 5.41) is 8.64. The van der Waals surface area contributed by atoms with Gasteiger partial charge in [0.25, 0.3) is 0 Å². The van der Waals surface area contributed by atoms with Crippen LogP contribution in [0.4, 0.5) is 5.69 Å². The van der Waals surface area contributed by atoms with Gasteiger partial charge in [-0.25, -0.2) is 4.89 Å². The Morgan fingerprint density at radius 2 is 1.94 bits per heavy atom. The van der Waals surface area contributed by atoms with Crippen LogP contribution in [0.15, 0.2) is 16.6 Å². The molecule has 0 radical (unpaired) electrons. The fraction of sp³-hybridized carbons (Fsp3) is 0.538. The number of benzene rings is 1. The van der Waals surface area contributed by atoms with Crippen molar-refractivity contribution in [3.05, 3.63) is 27.7 Å². The van der Waals surface area contributed by atoms with Gasteiger partial charge >= 0.3 is 0 Å². The Balaban J connectivity index is 2.22. The summed E-state index contributed by atoms with van der Waals surface area (Å²) in [6.07, 6.45) is 0. The average Bonchev–Trinajstić information content (AvgIpc) is 2.36. The SMILES string of the molecule is Cc1c(Br)cc(N2CCN(C)CC2)cc1COO.